The lowest BCUT2D eigenvalue weighted by atomic mass is 10.1. The summed E-state index contributed by atoms with van der Waals surface area (Å²) in [5.74, 6) is 3.59. The number of phenols is 1. The first kappa shape index (κ1) is 23.6. The molecule has 1 aromatic carbocycles. The van der Waals surface area contributed by atoms with Crippen LogP contribution >= 0.6 is 11.8 Å². The normalized spacial score (nSPS) is 12.7. The second-order valence-electron chi connectivity index (χ2n) is 6.90. The van der Waals surface area contributed by atoms with Crippen LogP contribution in [-0.4, -0.2) is 53.0 Å². The third-order valence-electron chi connectivity index (χ3n) is 3.99. The molecule has 0 aliphatic rings. The molecule has 2 aromatic rings. The largest absolute Gasteiger partial charge is 0.508 e. The Hall–Kier alpha value is -2.69. The van der Waals surface area contributed by atoms with Gasteiger partial charge in [0, 0.05) is 18.8 Å². The van der Waals surface area contributed by atoms with Crippen LogP contribution < -0.4 is 10.6 Å². The van der Waals surface area contributed by atoms with Crippen LogP contribution in [0.5, 0.6) is 5.75 Å². The van der Waals surface area contributed by atoms with Crippen molar-refractivity contribution >= 4 is 11.8 Å². The number of benzene rings is 1. The Kier molecular flexibility index (Phi) is 9.52. The maximum Gasteiger partial charge on any atom is 0.274 e. The number of nitro groups is 1. The minimum Gasteiger partial charge on any atom is -0.508 e. The molecule has 4 N–H and O–H groups in total. The van der Waals surface area contributed by atoms with E-state index in [9.17, 15) is 20.3 Å². The van der Waals surface area contributed by atoms with Crippen LogP contribution in [0.3, 0.4) is 0 Å². The Morgan fingerprint density at radius 3 is 2.60 bits per heavy atom. The van der Waals surface area contributed by atoms with Crippen LogP contribution in [0, 0.1) is 10.1 Å². The zero-order valence-corrected chi connectivity index (χ0v) is 17.9. The molecule has 0 bridgehead atoms. The summed E-state index contributed by atoms with van der Waals surface area (Å²) in [4.78, 5) is 12.3. The number of phenolic OH excluding ortho intramolecular Hbond substituents is 1. The number of rotatable bonds is 13. The van der Waals surface area contributed by atoms with Crippen molar-refractivity contribution in [3.05, 3.63) is 75.6 Å². The number of aromatic hydroxyl groups is 1. The zero-order valence-electron chi connectivity index (χ0n) is 17.1. The van der Waals surface area contributed by atoms with E-state index in [1.165, 1.54) is 12.1 Å². The molecule has 0 amide bonds. The summed E-state index contributed by atoms with van der Waals surface area (Å²) < 4.78 is 5.75. The number of hydrogen-bond acceptors (Lipinski definition) is 9. The van der Waals surface area contributed by atoms with Gasteiger partial charge in [-0.1, -0.05) is 12.1 Å². The molecule has 1 aromatic heterocycles. The molecule has 0 aliphatic heterocycles. The highest BCUT2D eigenvalue weighted by atomic mass is 32.2. The zero-order chi connectivity index (χ0) is 21.9. The summed E-state index contributed by atoms with van der Waals surface area (Å²) in [6.07, 6.45) is -0.0268. The van der Waals surface area contributed by atoms with Gasteiger partial charge in [0.1, 0.15) is 17.3 Å². The van der Waals surface area contributed by atoms with Gasteiger partial charge in [-0.2, -0.15) is 11.8 Å². The van der Waals surface area contributed by atoms with Crippen molar-refractivity contribution in [2.75, 3.05) is 32.9 Å². The minimum absolute atomic E-state index is 0.0889. The molecule has 0 fully saturated rings. The molecule has 0 saturated heterocycles. The van der Waals surface area contributed by atoms with Gasteiger partial charge in [-0.25, -0.2) is 0 Å². The van der Waals surface area contributed by atoms with Gasteiger partial charge < -0.3 is 30.2 Å². The standard InChI is InChI=1S/C20H28N4O5S/c1-23(2)12-17-7-8-18(29-17)14-30-10-9-21-20(13-24(27)28)22-11-19(26)15-3-5-16(25)6-4-15/h3-8,13,19,21-22,25-26H,9-12,14H2,1-2H3/b20-13-. The number of aliphatic hydroxyl groups excluding tert-OH is 1. The molecule has 0 spiro atoms. The van der Waals surface area contributed by atoms with Gasteiger partial charge in [0.2, 0.25) is 0 Å². The predicted molar refractivity (Wildman–Crippen MR) is 116 cm³/mol. The number of thioether (sulfide) groups is 1. The fourth-order valence-corrected chi connectivity index (χ4v) is 3.35. The quantitative estimate of drug-likeness (QED) is 0.213. The molecular weight excluding hydrogens is 408 g/mol. The highest BCUT2D eigenvalue weighted by molar-refractivity contribution is 7.98. The van der Waals surface area contributed by atoms with Gasteiger partial charge in [-0.3, -0.25) is 10.1 Å². The molecule has 1 atom stereocenters. The van der Waals surface area contributed by atoms with Crippen LogP contribution in [0.4, 0.5) is 0 Å². The Bertz CT molecular complexity index is 823. The SMILES string of the molecule is CN(C)Cc1ccc(CSCCN/C(=C/[N+](=O)[O-])NCC(O)c2ccc(O)cc2)o1. The third kappa shape index (κ3) is 8.76. The second kappa shape index (κ2) is 12.1. The Morgan fingerprint density at radius 1 is 1.23 bits per heavy atom. The molecular formula is C20H28N4O5S. The van der Waals surface area contributed by atoms with E-state index in [4.69, 9.17) is 4.42 Å². The van der Waals surface area contributed by atoms with Crippen molar-refractivity contribution in [1.82, 2.24) is 15.5 Å². The van der Waals surface area contributed by atoms with Crippen LogP contribution in [0.2, 0.25) is 0 Å². The van der Waals surface area contributed by atoms with Crippen LogP contribution in [0.25, 0.3) is 0 Å². The number of aliphatic hydroxyl groups is 1. The van der Waals surface area contributed by atoms with Gasteiger partial charge in [-0.05, 0) is 43.9 Å². The first-order chi connectivity index (χ1) is 14.3. The molecule has 30 heavy (non-hydrogen) atoms. The fourth-order valence-electron chi connectivity index (χ4n) is 2.61. The van der Waals surface area contributed by atoms with Gasteiger partial charge in [-0.15, -0.1) is 0 Å². The summed E-state index contributed by atoms with van der Waals surface area (Å²) >= 11 is 1.65. The molecule has 0 saturated carbocycles. The van der Waals surface area contributed by atoms with Crippen molar-refractivity contribution < 1.29 is 19.6 Å². The smallest absolute Gasteiger partial charge is 0.274 e. The summed E-state index contributed by atoms with van der Waals surface area (Å²) in [6, 6.07) is 10.1. The number of furan rings is 1. The van der Waals surface area contributed by atoms with Gasteiger partial charge in [0.25, 0.3) is 6.20 Å². The number of hydrogen-bond donors (Lipinski definition) is 4. The summed E-state index contributed by atoms with van der Waals surface area (Å²) in [7, 11) is 3.97. The summed E-state index contributed by atoms with van der Waals surface area (Å²) in [5.41, 5.74) is 0.600. The third-order valence-corrected chi connectivity index (χ3v) is 4.98. The highest BCUT2D eigenvalue weighted by Gasteiger charge is 2.10. The minimum atomic E-state index is -0.868. The molecule has 2 rings (SSSR count). The monoisotopic (exact) mass is 436 g/mol. The Balaban J connectivity index is 1.73. The molecule has 1 heterocycles. The van der Waals surface area contributed by atoms with E-state index in [0.717, 1.165) is 35.8 Å². The average Bonchev–Trinajstić information content (AvgIpc) is 3.12. The first-order valence-electron chi connectivity index (χ1n) is 9.43. The maximum absolute atomic E-state index is 10.9. The van der Waals surface area contributed by atoms with Crippen LogP contribution in [0.15, 0.2) is 52.8 Å². The first-order valence-corrected chi connectivity index (χ1v) is 10.6. The van der Waals surface area contributed by atoms with Crippen LogP contribution in [-0.2, 0) is 12.3 Å². The van der Waals surface area contributed by atoms with Gasteiger partial charge in [0.15, 0.2) is 5.82 Å². The maximum atomic E-state index is 10.9. The van der Waals surface area contributed by atoms with Crippen molar-refractivity contribution in [1.29, 1.82) is 0 Å². The average molecular weight is 437 g/mol. The lowest BCUT2D eigenvalue weighted by molar-refractivity contribution is -0.404. The molecule has 0 aliphatic carbocycles. The van der Waals surface area contributed by atoms with Gasteiger partial charge >= 0.3 is 0 Å². The van der Waals surface area contributed by atoms with E-state index < -0.39 is 11.0 Å². The lowest BCUT2D eigenvalue weighted by Gasteiger charge is -2.15. The van der Waals surface area contributed by atoms with Crippen molar-refractivity contribution in [2.45, 2.75) is 18.4 Å². The van der Waals surface area contributed by atoms with E-state index in [0.29, 0.717) is 12.1 Å². The molecule has 1 unspecified atom stereocenters. The van der Waals surface area contributed by atoms with Crippen LogP contribution in [0.1, 0.15) is 23.2 Å². The van der Waals surface area contributed by atoms with E-state index in [2.05, 4.69) is 10.6 Å². The molecule has 10 heteroatoms. The topological polar surface area (TPSA) is 124 Å². The molecule has 164 valence electrons. The van der Waals surface area contributed by atoms with E-state index in [1.807, 2.05) is 31.1 Å². The summed E-state index contributed by atoms with van der Waals surface area (Å²) in [6.45, 7) is 1.35. The number of nitrogens with one attached hydrogen (secondary N) is 2. The fraction of sp³-hybridized carbons (Fsp3) is 0.400. The van der Waals surface area contributed by atoms with E-state index >= 15 is 0 Å². The van der Waals surface area contributed by atoms with E-state index in [1.54, 1.807) is 23.9 Å². The molecule has 9 nitrogen and oxygen atoms in total. The van der Waals surface area contributed by atoms with Crippen molar-refractivity contribution in [3.63, 3.8) is 0 Å². The number of nitrogens with zero attached hydrogens (tertiary/aromatic N) is 2. The predicted octanol–water partition coefficient (Wildman–Crippen LogP) is 2.27. The van der Waals surface area contributed by atoms with Gasteiger partial charge in [0.05, 0.1) is 23.3 Å². The van der Waals surface area contributed by atoms with Crippen molar-refractivity contribution in [2.24, 2.45) is 0 Å². The highest BCUT2D eigenvalue weighted by Crippen LogP contribution is 2.17. The Labute approximate surface area is 179 Å². The Morgan fingerprint density at radius 2 is 1.93 bits per heavy atom. The second-order valence-corrected chi connectivity index (χ2v) is 8.01. The lowest BCUT2D eigenvalue weighted by Crippen LogP contribution is -2.31. The van der Waals surface area contributed by atoms with E-state index in [-0.39, 0.29) is 18.1 Å². The molecule has 0 radical (unpaired) electrons. The summed E-state index contributed by atoms with van der Waals surface area (Å²) in [5, 5.41) is 36.2. The van der Waals surface area contributed by atoms with Crippen molar-refractivity contribution in [3.8, 4) is 5.75 Å².